The lowest BCUT2D eigenvalue weighted by molar-refractivity contribution is -0.384. The van der Waals surface area contributed by atoms with Gasteiger partial charge in [-0.05, 0) is 22.0 Å². The van der Waals surface area contributed by atoms with Crippen molar-refractivity contribution in [3.05, 3.63) is 32.8 Å². The Morgan fingerprint density at radius 1 is 1.55 bits per heavy atom. The number of esters is 1. The van der Waals surface area contributed by atoms with E-state index in [2.05, 4.69) is 20.7 Å². The van der Waals surface area contributed by atoms with Gasteiger partial charge in [0.1, 0.15) is 0 Å². The summed E-state index contributed by atoms with van der Waals surface area (Å²) in [6.45, 7) is 0.158. The van der Waals surface area contributed by atoms with E-state index in [1.54, 1.807) is 0 Å². The normalized spacial score (nSPS) is 18.2. The maximum absolute atomic E-state index is 12.0. The molecule has 8 heteroatoms. The van der Waals surface area contributed by atoms with Gasteiger partial charge >= 0.3 is 5.97 Å². The minimum Gasteiger partial charge on any atom is -0.469 e. The van der Waals surface area contributed by atoms with Crippen LogP contribution in [-0.4, -0.2) is 30.5 Å². The molecule has 0 spiro atoms. The van der Waals surface area contributed by atoms with E-state index in [0.717, 1.165) is 0 Å². The van der Waals surface area contributed by atoms with Crippen molar-refractivity contribution in [1.29, 1.82) is 0 Å². The predicted molar refractivity (Wildman–Crippen MR) is 73.3 cm³/mol. The molecular weight excluding hydrogens is 332 g/mol. The van der Waals surface area contributed by atoms with Crippen LogP contribution in [0, 0.1) is 16.0 Å². The van der Waals surface area contributed by atoms with Gasteiger partial charge in [-0.15, -0.1) is 0 Å². The van der Waals surface area contributed by atoms with E-state index in [4.69, 9.17) is 0 Å². The van der Waals surface area contributed by atoms with Crippen molar-refractivity contribution in [3.63, 3.8) is 0 Å². The highest BCUT2D eigenvalue weighted by Crippen LogP contribution is 2.34. The van der Waals surface area contributed by atoms with Crippen LogP contribution in [0.5, 0.6) is 0 Å². The molecule has 1 atom stereocenters. The number of hydrogen-bond acceptors (Lipinski definition) is 5. The van der Waals surface area contributed by atoms with Gasteiger partial charge in [0.2, 0.25) is 5.91 Å². The lowest BCUT2D eigenvalue weighted by Crippen LogP contribution is -2.26. The van der Waals surface area contributed by atoms with Crippen LogP contribution in [0.4, 0.5) is 11.4 Å². The molecule has 0 radical (unpaired) electrons. The summed E-state index contributed by atoms with van der Waals surface area (Å²) in [6.07, 6.45) is 0.0435. The third kappa shape index (κ3) is 2.64. The van der Waals surface area contributed by atoms with Gasteiger partial charge in [0, 0.05) is 29.6 Å². The van der Waals surface area contributed by atoms with Gasteiger partial charge in [-0.2, -0.15) is 0 Å². The number of carbonyl (C=O) groups excluding carboxylic acids is 2. The van der Waals surface area contributed by atoms with Crippen molar-refractivity contribution < 1.29 is 19.2 Å². The fourth-order valence-corrected chi connectivity index (χ4v) is 2.55. The third-order valence-electron chi connectivity index (χ3n) is 3.09. The van der Waals surface area contributed by atoms with E-state index in [9.17, 15) is 19.7 Å². The number of methoxy groups -OCH3 is 1. The number of benzene rings is 1. The molecule has 1 saturated heterocycles. The van der Waals surface area contributed by atoms with E-state index in [1.807, 2.05) is 0 Å². The Kier molecular flexibility index (Phi) is 4.03. The zero-order chi connectivity index (χ0) is 14.9. The fourth-order valence-electron chi connectivity index (χ4n) is 2.09. The highest BCUT2D eigenvalue weighted by molar-refractivity contribution is 9.10. The molecule has 20 heavy (non-hydrogen) atoms. The molecule has 2 rings (SSSR count). The Morgan fingerprint density at radius 3 is 2.85 bits per heavy atom. The second-order valence-electron chi connectivity index (χ2n) is 4.32. The number of carbonyl (C=O) groups is 2. The molecule has 0 aromatic heterocycles. The molecule has 0 saturated carbocycles. The minimum absolute atomic E-state index is 0.0435. The summed E-state index contributed by atoms with van der Waals surface area (Å²) in [5, 5.41) is 10.8. The highest BCUT2D eigenvalue weighted by atomic mass is 79.9. The van der Waals surface area contributed by atoms with Crippen molar-refractivity contribution in [2.45, 2.75) is 6.42 Å². The van der Waals surface area contributed by atoms with Crippen LogP contribution in [0.2, 0.25) is 0 Å². The van der Waals surface area contributed by atoms with Crippen LogP contribution in [0.15, 0.2) is 22.7 Å². The highest BCUT2D eigenvalue weighted by Gasteiger charge is 2.36. The molecule has 1 aromatic rings. The summed E-state index contributed by atoms with van der Waals surface area (Å²) in [7, 11) is 1.26. The molecule has 1 unspecified atom stereocenters. The molecule has 1 aromatic carbocycles. The van der Waals surface area contributed by atoms with Gasteiger partial charge in [0.05, 0.1) is 23.6 Å². The first-order valence-electron chi connectivity index (χ1n) is 5.76. The Hall–Kier alpha value is -1.96. The molecule has 0 N–H and O–H groups in total. The van der Waals surface area contributed by atoms with E-state index in [0.29, 0.717) is 10.2 Å². The molecule has 7 nitrogen and oxygen atoms in total. The topological polar surface area (TPSA) is 89.8 Å². The molecule has 1 aliphatic heterocycles. The van der Waals surface area contributed by atoms with Gasteiger partial charge in [-0.1, -0.05) is 0 Å². The summed E-state index contributed by atoms with van der Waals surface area (Å²) in [4.78, 5) is 35.1. The Morgan fingerprint density at radius 2 is 2.25 bits per heavy atom. The summed E-state index contributed by atoms with van der Waals surface area (Å²) in [6, 6.07) is 4.15. The number of hydrogen-bond donors (Lipinski definition) is 0. The SMILES string of the molecule is COC(=O)C1CC(=O)N(c2cc([N+](=O)[O-])ccc2Br)C1. The molecule has 1 fully saturated rings. The number of non-ortho nitro benzene ring substituents is 1. The van der Waals surface area contributed by atoms with E-state index in [-0.39, 0.29) is 24.6 Å². The van der Waals surface area contributed by atoms with Crippen LogP contribution in [0.1, 0.15) is 6.42 Å². The van der Waals surface area contributed by atoms with Crippen molar-refractivity contribution in [1.82, 2.24) is 0 Å². The average molecular weight is 343 g/mol. The van der Waals surface area contributed by atoms with E-state index >= 15 is 0 Å². The second-order valence-corrected chi connectivity index (χ2v) is 5.18. The van der Waals surface area contributed by atoms with Gasteiger partial charge in [0.25, 0.3) is 5.69 Å². The smallest absolute Gasteiger partial charge is 0.311 e. The monoisotopic (exact) mass is 342 g/mol. The quantitative estimate of drug-likeness (QED) is 0.475. The first-order chi connectivity index (χ1) is 9.43. The zero-order valence-electron chi connectivity index (χ0n) is 10.5. The molecule has 1 aliphatic rings. The summed E-state index contributed by atoms with van der Waals surface area (Å²) in [5.41, 5.74) is 0.271. The molecule has 106 valence electrons. The first kappa shape index (κ1) is 14.4. The fraction of sp³-hybridized carbons (Fsp3) is 0.333. The number of halogens is 1. The molecule has 1 heterocycles. The first-order valence-corrected chi connectivity index (χ1v) is 6.55. The number of amides is 1. The lowest BCUT2D eigenvalue weighted by Gasteiger charge is -2.17. The van der Waals surface area contributed by atoms with Gasteiger partial charge in [-0.3, -0.25) is 19.7 Å². The summed E-state index contributed by atoms with van der Waals surface area (Å²) >= 11 is 3.26. The number of nitro benzene ring substituents is 1. The van der Waals surface area contributed by atoms with Gasteiger partial charge in [0.15, 0.2) is 0 Å². The standard InChI is InChI=1S/C12H11BrN2O5/c1-20-12(17)7-4-11(16)14(6-7)10-5-8(15(18)19)2-3-9(10)13/h2-3,5,7H,4,6H2,1H3. The Labute approximate surface area is 122 Å². The third-order valence-corrected chi connectivity index (χ3v) is 3.76. The van der Waals surface area contributed by atoms with Crippen LogP contribution in [0.3, 0.4) is 0 Å². The summed E-state index contributed by atoms with van der Waals surface area (Å²) < 4.78 is 5.18. The number of ether oxygens (including phenoxy) is 1. The number of nitrogens with zero attached hydrogens (tertiary/aromatic N) is 2. The number of rotatable bonds is 3. The lowest BCUT2D eigenvalue weighted by atomic mass is 10.1. The van der Waals surface area contributed by atoms with Crippen LogP contribution in [0.25, 0.3) is 0 Å². The van der Waals surface area contributed by atoms with Crippen LogP contribution >= 0.6 is 15.9 Å². The molecule has 0 aliphatic carbocycles. The van der Waals surface area contributed by atoms with Crippen molar-refractivity contribution >= 4 is 39.2 Å². The summed E-state index contributed by atoms with van der Waals surface area (Å²) in [5.74, 6) is -1.26. The van der Waals surface area contributed by atoms with Gasteiger partial charge in [-0.25, -0.2) is 0 Å². The van der Waals surface area contributed by atoms with E-state index in [1.165, 1.54) is 30.2 Å². The van der Waals surface area contributed by atoms with Crippen LogP contribution < -0.4 is 4.90 Å². The molecule has 0 bridgehead atoms. The zero-order valence-corrected chi connectivity index (χ0v) is 12.1. The maximum atomic E-state index is 12.0. The largest absolute Gasteiger partial charge is 0.469 e. The van der Waals surface area contributed by atoms with E-state index < -0.39 is 16.8 Å². The van der Waals surface area contributed by atoms with Gasteiger partial charge < -0.3 is 9.64 Å². The van der Waals surface area contributed by atoms with Crippen LogP contribution in [-0.2, 0) is 14.3 Å². The number of nitro groups is 1. The molecule has 1 amide bonds. The minimum atomic E-state index is -0.543. The average Bonchev–Trinajstić information content (AvgIpc) is 2.80. The Bertz CT molecular complexity index is 589. The Balaban J connectivity index is 2.32. The second kappa shape index (κ2) is 5.58. The van der Waals surface area contributed by atoms with Crippen molar-refractivity contribution in [3.8, 4) is 0 Å². The van der Waals surface area contributed by atoms with Crippen molar-refractivity contribution in [2.75, 3.05) is 18.6 Å². The number of anilines is 1. The maximum Gasteiger partial charge on any atom is 0.311 e. The van der Waals surface area contributed by atoms with Crippen molar-refractivity contribution in [2.24, 2.45) is 5.92 Å². The molecular formula is C12H11BrN2O5. The predicted octanol–water partition coefficient (Wildman–Crippen LogP) is 1.88.